The lowest BCUT2D eigenvalue weighted by Crippen LogP contribution is -2.48. The second-order valence-electron chi connectivity index (χ2n) is 4.09. The number of rotatable bonds is 5. The highest BCUT2D eigenvalue weighted by atomic mass is 16.4. The van der Waals surface area contributed by atoms with E-state index in [0.29, 0.717) is 5.69 Å². The molecule has 1 atom stereocenters. The number of nitrogens with zero attached hydrogens (tertiary/aromatic N) is 1. The number of aromatic hydroxyl groups is 1. The fraction of sp³-hybridized carbons (Fsp3) is 0.250. The van der Waals surface area contributed by atoms with Crippen LogP contribution in [0.4, 0.5) is 10.5 Å². The number of benzene rings is 1. The number of phenolic OH excluding ortho intramolecular Hbond substituents is 1. The van der Waals surface area contributed by atoms with Crippen LogP contribution in [-0.2, 0) is 9.59 Å². The molecule has 0 bridgehead atoms. The minimum Gasteiger partial charge on any atom is -0.508 e. The molecule has 8 nitrogen and oxygen atoms in total. The third-order valence-electron chi connectivity index (χ3n) is 2.52. The van der Waals surface area contributed by atoms with E-state index in [0.717, 1.165) is 4.90 Å². The lowest BCUT2D eigenvalue weighted by Gasteiger charge is -2.21. The predicted molar refractivity (Wildman–Crippen MR) is 70.3 cm³/mol. The highest BCUT2D eigenvalue weighted by Gasteiger charge is 2.24. The van der Waals surface area contributed by atoms with Gasteiger partial charge in [0.15, 0.2) is 0 Å². The van der Waals surface area contributed by atoms with E-state index in [2.05, 4.69) is 5.32 Å². The van der Waals surface area contributed by atoms with E-state index in [1.807, 2.05) is 0 Å². The molecule has 0 saturated heterocycles. The van der Waals surface area contributed by atoms with Crippen LogP contribution >= 0.6 is 0 Å². The molecule has 8 heteroatoms. The number of phenols is 1. The standard InChI is InChI=1S/C12H15N3O5/c1-15(7-3-2-4-8(16)5-7)12(20)14-9(11(18)19)6-10(13)17/h2-5,9,16H,6H2,1H3,(H2,13,17)(H,14,20)(H,18,19). The molecule has 0 heterocycles. The number of primary amides is 1. The van der Waals surface area contributed by atoms with Gasteiger partial charge in [0, 0.05) is 18.8 Å². The molecule has 3 amide bonds. The number of hydrogen-bond acceptors (Lipinski definition) is 4. The molecule has 0 fully saturated rings. The number of hydrogen-bond donors (Lipinski definition) is 4. The monoisotopic (exact) mass is 281 g/mol. The van der Waals surface area contributed by atoms with Gasteiger partial charge in [-0.25, -0.2) is 9.59 Å². The van der Waals surface area contributed by atoms with Gasteiger partial charge in [0.05, 0.1) is 6.42 Å². The summed E-state index contributed by atoms with van der Waals surface area (Å²) in [7, 11) is 1.40. The highest BCUT2D eigenvalue weighted by Crippen LogP contribution is 2.18. The number of carboxylic acids is 1. The van der Waals surface area contributed by atoms with Gasteiger partial charge >= 0.3 is 12.0 Å². The number of carbonyl (C=O) groups excluding carboxylic acids is 2. The first kappa shape index (κ1) is 15.3. The van der Waals surface area contributed by atoms with Crippen molar-refractivity contribution in [3.05, 3.63) is 24.3 Å². The fourth-order valence-electron chi connectivity index (χ4n) is 1.47. The minimum absolute atomic E-state index is 0.0333. The number of amides is 3. The second kappa shape index (κ2) is 6.41. The van der Waals surface area contributed by atoms with Crippen LogP contribution in [-0.4, -0.2) is 41.2 Å². The highest BCUT2D eigenvalue weighted by molar-refractivity contribution is 5.95. The Kier molecular flexibility index (Phi) is 4.90. The molecule has 0 radical (unpaired) electrons. The molecule has 1 aromatic rings. The van der Waals surface area contributed by atoms with Crippen LogP contribution in [0, 0.1) is 0 Å². The number of urea groups is 1. The first-order chi connectivity index (χ1) is 9.31. The van der Waals surface area contributed by atoms with Crippen LogP contribution in [0.5, 0.6) is 5.75 Å². The summed E-state index contributed by atoms with van der Waals surface area (Å²) in [4.78, 5) is 34.6. The van der Waals surface area contributed by atoms with Crippen molar-refractivity contribution in [3.8, 4) is 5.75 Å². The number of carbonyl (C=O) groups is 3. The molecule has 0 aromatic heterocycles. The predicted octanol–water partition coefficient (Wildman–Crippen LogP) is -0.133. The Bertz CT molecular complexity index is 532. The molecule has 0 spiro atoms. The molecular formula is C12H15N3O5. The van der Waals surface area contributed by atoms with E-state index < -0.39 is 30.4 Å². The fourth-order valence-corrected chi connectivity index (χ4v) is 1.47. The van der Waals surface area contributed by atoms with E-state index >= 15 is 0 Å². The largest absolute Gasteiger partial charge is 0.508 e. The number of nitrogens with one attached hydrogen (secondary N) is 1. The lowest BCUT2D eigenvalue weighted by molar-refractivity contribution is -0.140. The van der Waals surface area contributed by atoms with E-state index in [9.17, 15) is 19.5 Å². The van der Waals surface area contributed by atoms with Gasteiger partial charge in [-0.15, -0.1) is 0 Å². The van der Waals surface area contributed by atoms with Gasteiger partial charge in [0.25, 0.3) is 0 Å². The Morgan fingerprint density at radius 3 is 2.55 bits per heavy atom. The zero-order valence-corrected chi connectivity index (χ0v) is 10.7. The first-order valence-electron chi connectivity index (χ1n) is 5.65. The summed E-state index contributed by atoms with van der Waals surface area (Å²) in [5.74, 6) is -2.23. The van der Waals surface area contributed by atoms with Crippen molar-refractivity contribution in [2.45, 2.75) is 12.5 Å². The van der Waals surface area contributed by atoms with Gasteiger partial charge in [-0.05, 0) is 12.1 Å². The molecule has 0 aliphatic carbocycles. The van der Waals surface area contributed by atoms with Crippen LogP contribution in [0.3, 0.4) is 0 Å². The Labute approximate surface area is 114 Å². The van der Waals surface area contributed by atoms with E-state index in [-0.39, 0.29) is 5.75 Å². The maximum absolute atomic E-state index is 11.9. The summed E-state index contributed by atoms with van der Waals surface area (Å²) < 4.78 is 0. The molecule has 0 saturated carbocycles. The smallest absolute Gasteiger partial charge is 0.326 e. The van der Waals surface area contributed by atoms with E-state index in [1.54, 1.807) is 6.07 Å². The Morgan fingerprint density at radius 1 is 1.40 bits per heavy atom. The Morgan fingerprint density at radius 2 is 2.05 bits per heavy atom. The SMILES string of the molecule is CN(C(=O)NC(CC(N)=O)C(=O)O)c1cccc(O)c1. The molecule has 1 aromatic carbocycles. The zero-order valence-electron chi connectivity index (χ0n) is 10.7. The number of nitrogens with two attached hydrogens (primary N) is 1. The summed E-state index contributed by atoms with van der Waals surface area (Å²) in [6.07, 6.45) is -0.505. The van der Waals surface area contributed by atoms with Crippen LogP contribution in [0.1, 0.15) is 6.42 Å². The zero-order chi connectivity index (χ0) is 15.3. The normalized spacial score (nSPS) is 11.4. The maximum atomic E-state index is 11.9. The summed E-state index contributed by atoms with van der Waals surface area (Å²) in [6, 6.07) is 3.73. The van der Waals surface area contributed by atoms with E-state index in [1.165, 1.54) is 25.2 Å². The van der Waals surface area contributed by atoms with Gasteiger partial charge in [-0.3, -0.25) is 9.69 Å². The van der Waals surface area contributed by atoms with Gasteiger partial charge < -0.3 is 21.3 Å². The number of anilines is 1. The van der Waals surface area contributed by atoms with Crippen molar-refractivity contribution >= 4 is 23.6 Å². The molecule has 1 rings (SSSR count). The maximum Gasteiger partial charge on any atom is 0.326 e. The topological polar surface area (TPSA) is 133 Å². The molecule has 0 aliphatic rings. The van der Waals surface area contributed by atoms with Crippen LogP contribution in [0.15, 0.2) is 24.3 Å². The average molecular weight is 281 g/mol. The van der Waals surface area contributed by atoms with Gasteiger partial charge in [-0.1, -0.05) is 6.07 Å². The van der Waals surface area contributed by atoms with E-state index in [4.69, 9.17) is 10.8 Å². The summed E-state index contributed by atoms with van der Waals surface area (Å²) in [5.41, 5.74) is 5.28. The van der Waals surface area contributed by atoms with Crippen molar-refractivity contribution in [2.24, 2.45) is 5.73 Å². The summed E-state index contributed by atoms with van der Waals surface area (Å²) in [5, 5.41) is 20.4. The Balaban J connectivity index is 2.78. The van der Waals surface area contributed by atoms with Crippen molar-refractivity contribution in [1.29, 1.82) is 0 Å². The van der Waals surface area contributed by atoms with Crippen molar-refractivity contribution in [3.63, 3.8) is 0 Å². The number of aliphatic carboxylic acids is 1. The van der Waals surface area contributed by atoms with Crippen LogP contribution in [0.25, 0.3) is 0 Å². The molecule has 0 aliphatic heterocycles. The van der Waals surface area contributed by atoms with Crippen molar-refractivity contribution in [1.82, 2.24) is 5.32 Å². The van der Waals surface area contributed by atoms with Crippen LogP contribution < -0.4 is 16.0 Å². The summed E-state index contributed by atoms with van der Waals surface area (Å²) >= 11 is 0. The quantitative estimate of drug-likeness (QED) is 0.596. The molecular weight excluding hydrogens is 266 g/mol. The third kappa shape index (κ3) is 4.16. The van der Waals surface area contributed by atoms with Crippen LogP contribution in [0.2, 0.25) is 0 Å². The molecule has 1 unspecified atom stereocenters. The molecule has 5 N–H and O–H groups in total. The van der Waals surface area contributed by atoms with Gasteiger partial charge in [0.2, 0.25) is 5.91 Å². The van der Waals surface area contributed by atoms with Gasteiger partial charge in [-0.2, -0.15) is 0 Å². The Hall–Kier alpha value is -2.77. The second-order valence-corrected chi connectivity index (χ2v) is 4.09. The number of carboxylic acid groups (broad SMARTS) is 1. The van der Waals surface area contributed by atoms with Crippen molar-refractivity contribution < 1.29 is 24.6 Å². The molecule has 20 heavy (non-hydrogen) atoms. The minimum atomic E-state index is -1.40. The van der Waals surface area contributed by atoms with Crippen molar-refractivity contribution in [2.75, 3.05) is 11.9 Å². The molecule has 108 valence electrons. The summed E-state index contributed by atoms with van der Waals surface area (Å²) in [6.45, 7) is 0. The first-order valence-corrected chi connectivity index (χ1v) is 5.65. The van der Waals surface area contributed by atoms with Gasteiger partial charge in [0.1, 0.15) is 11.8 Å². The lowest BCUT2D eigenvalue weighted by atomic mass is 10.2. The average Bonchev–Trinajstić information content (AvgIpc) is 2.36. The third-order valence-corrected chi connectivity index (χ3v) is 2.52.